The van der Waals surface area contributed by atoms with Crippen molar-refractivity contribution in [3.8, 4) is 5.69 Å². The van der Waals surface area contributed by atoms with E-state index in [-0.39, 0.29) is 23.7 Å². The SMILES string of the molecule is O=C(CCS(=O)(=O)Cc1nnnn1-c1ccccc1)Nc1cccc(F)c1. The number of sulfone groups is 1. The van der Waals surface area contributed by atoms with Crippen LogP contribution in [-0.4, -0.2) is 40.3 Å². The van der Waals surface area contributed by atoms with E-state index >= 15 is 0 Å². The molecule has 1 heterocycles. The van der Waals surface area contributed by atoms with Crippen LogP contribution in [0.2, 0.25) is 0 Å². The third-order valence-electron chi connectivity index (χ3n) is 3.63. The van der Waals surface area contributed by atoms with Crippen molar-refractivity contribution in [2.75, 3.05) is 11.1 Å². The van der Waals surface area contributed by atoms with E-state index < -0.39 is 27.3 Å². The average Bonchev–Trinajstić information content (AvgIpc) is 3.08. The van der Waals surface area contributed by atoms with Crippen molar-refractivity contribution >= 4 is 21.4 Å². The van der Waals surface area contributed by atoms with Gasteiger partial charge in [-0.05, 0) is 40.8 Å². The number of nitrogens with one attached hydrogen (secondary N) is 1. The van der Waals surface area contributed by atoms with Crippen LogP contribution >= 0.6 is 0 Å². The van der Waals surface area contributed by atoms with Crippen molar-refractivity contribution in [3.63, 3.8) is 0 Å². The highest BCUT2D eigenvalue weighted by Crippen LogP contribution is 2.12. The molecule has 0 bridgehead atoms. The number of nitrogens with zero attached hydrogens (tertiary/aromatic N) is 4. The molecule has 8 nitrogen and oxygen atoms in total. The third-order valence-corrected chi connectivity index (χ3v) is 5.16. The van der Waals surface area contributed by atoms with Gasteiger partial charge in [0.25, 0.3) is 0 Å². The first-order chi connectivity index (χ1) is 12.9. The standard InChI is InChI=1S/C17H16FN5O3S/c18-13-5-4-6-14(11-13)19-17(24)9-10-27(25,26)12-16-20-21-22-23(16)15-7-2-1-3-8-15/h1-8,11H,9-10,12H2,(H,19,24). The number of hydrogen-bond donors (Lipinski definition) is 1. The van der Waals surface area contributed by atoms with Crippen LogP contribution in [0, 0.1) is 5.82 Å². The summed E-state index contributed by atoms with van der Waals surface area (Å²) in [7, 11) is -3.63. The van der Waals surface area contributed by atoms with Crippen molar-refractivity contribution in [1.82, 2.24) is 20.2 Å². The Hall–Kier alpha value is -3.14. The first-order valence-electron chi connectivity index (χ1n) is 8.01. The summed E-state index contributed by atoms with van der Waals surface area (Å²) in [6.45, 7) is 0. The van der Waals surface area contributed by atoms with E-state index in [9.17, 15) is 17.6 Å². The normalized spacial score (nSPS) is 11.3. The van der Waals surface area contributed by atoms with Gasteiger partial charge in [-0.2, -0.15) is 4.68 Å². The number of anilines is 1. The fraction of sp³-hybridized carbons (Fsp3) is 0.176. The van der Waals surface area contributed by atoms with Crippen molar-refractivity contribution in [2.45, 2.75) is 12.2 Å². The van der Waals surface area contributed by atoms with Crippen molar-refractivity contribution < 1.29 is 17.6 Å². The van der Waals surface area contributed by atoms with Gasteiger partial charge in [0.1, 0.15) is 11.6 Å². The van der Waals surface area contributed by atoms with E-state index in [0.29, 0.717) is 5.69 Å². The van der Waals surface area contributed by atoms with Crippen LogP contribution in [0.3, 0.4) is 0 Å². The molecule has 10 heteroatoms. The van der Waals surface area contributed by atoms with Crippen LogP contribution in [-0.2, 0) is 20.4 Å². The summed E-state index contributed by atoms with van der Waals surface area (Å²) in [4.78, 5) is 11.9. The molecule has 1 aromatic heterocycles. The first kappa shape index (κ1) is 18.6. The summed E-state index contributed by atoms with van der Waals surface area (Å²) < 4.78 is 39.1. The van der Waals surface area contributed by atoms with Gasteiger partial charge in [-0.3, -0.25) is 4.79 Å². The molecule has 1 amide bonds. The van der Waals surface area contributed by atoms with Crippen LogP contribution in [0.1, 0.15) is 12.2 Å². The van der Waals surface area contributed by atoms with Gasteiger partial charge >= 0.3 is 0 Å². The Labute approximate surface area is 154 Å². The average molecular weight is 389 g/mol. The predicted octanol–water partition coefficient (Wildman–Crippen LogP) is 1.74. The molecular weight excluding hydrogens is 373 g/mol. The van der Waals surface area contributed by atoms with Gasteiger partial charge in [0.2, 0.25) is 5.91 Å². The fourth-order valence-electron chi connectivity index (χ4n) is 2.37. The lowest BCUT2D eigenvalue weighted by Crippen LogP contribution is -2.19. The number of halogens is 1. The quantitative estimate of drug-likeness (QED) is 0.660. The van der Waals surface area contributed by atoms with Crippen molar-refractivity contribution in [2.24, 2.45) is 0 Å². The molecule has 0 radical (unpaired) electrons. The molecule has 0 aliphatic heterocycles. The zero-order valence-electron chi connectivity index (χ0n) is 14.1. The second-order valence-corrected chi connectivity index (χ2v) is 7.93. The Morgan fingerprint density at radius 1 is 1.11 bits per heavy atom. The molecule has 0 unspecified atom stereocenters. The van der Waals surface area contributed by atoms with Gasteiger partial charge in [0.15, 0.2) is 15.7 Å². The summed E-state index contributed by atoms with van der Waals surface area (Å²) in [5.41, 5.74) is 0.905. The molecule has 27 heavy (non-hydrogen) atoms. The molecule has 0 saturated heterocycles. The largest absolute Gasteiger partial charge is 0.326 e. The van der Waals surface area contributed by atoms with E-state index in [1.807, 2.05) is 6.07 Å². The molecule has 0 aliphatic rings. The molecule has 3 aromatic rings. The van der Waals surface area contributed by atoms with Crippen LogP contribution < -0.4 is 5.32 Å². The summed E-state index contributed by atoms with van der Waals surface area (Å²) in [6, 6.07) is 14.3. The number of para-hydroxylation sites is 1. The third kappa shape index (κ3) is 5.17. The molecule has 0 fully saturated rings. The topological polar surface area (TPSA) is 107 Å². The molecular formula is C17H16FN5O3S. The lowest BCUT2D eigenvalue weighted by Gasteiger charge is -2.07. The molecule has 0 atom stereocenters. The van der Waals surface area contributed by atoms with Gasteiger partial charge < -0.3 is 5.32 Å². The monoisotopic (exact) mass is 389 g/mol. The zero-order chi connectivity index (χ0) is 19.3. The first-order valence-corrected chi connectivity index (χ1v) is 9.84. The fourth-order valence-corrected chi connectivity index (χ4v) is 3.59. The van der Waals surface area contributed by atoms with Gasteiger partial charge in [-0.15, -0.1) is 5.10 Å². The number of amides is 1. The maximum Gasteiger partial charge on any atom is 0.225 e. The summed E-state index contributed by atoms with van der Waals surface area (Å²) in [5.74, 6) is -1.63. The van der Waals surface area contributed by atoms with Gasteiger partial charge in [0, 0.05) is 12.1 Å². The smallest absolute Gasteiger partial charge is 0.225 e. The maximum absolute atomic E-state index is 13.1. The number of benzene rings is 2. The molecule has 1 N–H and O–H groups in total. The van der Waals surface area contributed by atoms with Crippen LogP contribution in [0.15, 0.2) is 54.6 Å². The molecule has 140 valence electrons. The molecule has 3 rings (SSSR count). The lowest BCUT2D eigenvalue weighted by molar-refractivity contribution is -0.115. The van der Waals surface area contributed by atoms with E-state index in [4.69, 9.17) is 0 Å². The highest BCUT2D eigenvalue weighted by Gasteiger charge is 2.19. The van der Waals surface area contributed by atoms with Gasteiger partial charge in [0.05, 0.1) is 11.4 Å². The van der Waals surface area contributed by atoms with Crippen molar-refractivity contribution in [1.29, 1.82) is 0 Å². The molecule has 0 spiro atoms. The molecule has 2 aromatic carbocycles. The van der Waals surface area contributed by atoms with Crippen LogP contribution in [0.25, 0.3) is 5.69 Å². The number of carbonyl (C=O) groups excluding carboxylic acids is 1. The van der Waals surface area contributed by atoms with Crippen LogP contribution in [0.4, 0.5) is 10.1 Å². The molecule has 0 aliphatic carbocycles. The summed E-state index contributed by atoms with van der Waals surface area (Å²) in [6.07, 6.45) is -0.258. The predicted molar refractivity (Wildman–Crippen MR) is 96.3 cm³/mol. The Bertz CT molecular complexity index is 1040. The second kappa shape index (κ2) is 8.04. The van der Waals surface area contributed by atoms with Gasteiger partial charge in [-0.25, -0.2) is 12.8 Å². The zero-order valence-corrected chi connectivity index (χ0v) is 14.9. The summed E-state index contributed by atoms with van der Waals surface area (Å²) in [5, 5.41) is 13.6. The minimum atomic E-state index is -3.63. The number of hydrogen-bond acceptors (Lipinski definition) is 6. The number of rotatable bonds is 7. The Balaban J connectivity index is 1.61. The Morgan fingerprint density at radius 3 is 2.63 bits per heavy atom. The number of aromatic nitrogens is 4. The number of carbonyl (C=O) groups is 1. The Kier molecular flexibility index (Phi) is 5.55. The Morgan fingerprint density at radius 2 is 1.89 bits per heavy atom. The second-order valence-electron chi connectivity index (χ2n) is 5.74. The number of tetrazole rings is 1. The van der Waals surface area contributed by atoms with E-state index in [1.54, 1.807) is 24.3 Å². The summed E-state index contributed by atoms with van der Waals surface area (Å²) >= 11 is 0. The maximum atomic E-state index is 13.1. The van der Waals surface area contributed by atoms with E-state index in [1.165, 1.54) is 22.9 Å². The molecule has 0 saturated carbocycles. The minimum Gasteiger partial charge on any atom is -0.326 e. The van der Waals surface area contributed by atoms with Gasteiger partial charge in [-0.1, -0.05) is 24.3 Å². The van der Waals surface area contributed by atoms with E-state index in [2.05, 4.69) is 20.8 Å². The van der Waals surface area contributed by atoms with Crippen LogP contribution in [0.5, 0.6) is 0 Å². The van der Waals surface area contributed by atoms with Crippen molar-refractivity contribution in [3.05, 3.63) is 66.2 Å². The lowest BCUT2D eigenvalue weighted by atomic mass is 10.3. The minimum absolute atomic E-state index is 0.159. The van der Waals surface area contributed by atoms with E-state index in [0.717, 1.165) is 6.07 Å². The highest BCUT2D eigenvalue weighted by molar-refractivity contribution is 7.90. The highest BCUT2D eigenvalue weighted by atomic mass is 32.2.